The summed E-state index contributed by atoms with van der Waals surface area (Å²) in [4.78, 5) is 27.1. The number of carbonyl (C=O) groups is 2. The number of nitrogens with two attached hydrogens (primary N) is 1. The van der Waals surface area contributed by atoms with Crippen LogP contribution in [0.3, 0.4) is 0 Å². The fraction of sp³-hybridized carbons (Fsp3) is 0.579. The number of nitrogens with zero attached hydrogens (tertiary/aromatic N) is 1. The zero-order chi connectivity index (χ0) is 20.0. The molecular weight excluding hydrogens is 351 g/mol. The molecule has 1 aliphatic heterocycles. The van der Waals surface area contributed by atoms with E-state index in [2.05, 4.69) is 5.32 Å². The van der Waals surface area contributed by atoms with Crippen molar-refractivity contribution in [3.8, 4) is 5.75 Å². The smallest absolute Gasteiger partial charge is 0.312 e. The van der Waals surface area contributed by atoms with Gasteiger partial charge < -0.3 is 25.6 Å². The third kappa shape index (κ3) is 5.56. The Hall–Kier alpha value is -2.35. The summed E-state index contributed by atoms with van der Waals surface area (Å²) >= 11 is 0. The second-order valence-electron chi connectivity index (χ2n) is 7.08. The van der Waals surface area contributed by atoms with Gasteiger partial charge in [0.2, 0.25) is 5.91 Å². The number of halogens is 1. The lowest BCUT2D eigenvalue weighted by Crippen LogP contribution is -3.13. The molecule has 1 heterocycles. The van der Waals surface area contributed by atoms with Crippen LogP contribution in [0.5, 0.6) is 5.75 Å². The van der Waals surface area contributed by atoms with Crippen molar-refractivity contribution in [3.63, 3.8) is 0 Å². The Kier molecular flexibility index (Phi) is 7.41. The van der Waals surface area contributed by atoms with Gasteiger partial charge in [0, 0.05) is 0 Å². The number of rotatable bonds is 7. The van der Waals surface area contributed by atoms with Crippen LogP contribution in [0.1, 0.15) is 25.8 Å². The van der Waals surface area contributed by atoms with Crippen molar-refractivity contribution >= 4 is 11.9 Å². The normalized spacial score (nSPS) is 17.3. The van der Waals surface area contributed by atoms with Gasteiger partial charge in [0.1, 0.15) is 24.2 Å². The second kappa shape index (κ2) is 9.55. The molecule has 3 amide bonds. The fourth-order valence-electron chi connectivity index (χ4n) is 3.41. The highest BCUT2D eigenvalue weighted by Crippen LogP contribution is 2.18. The fourth-order valence-corrected chi connectivity index (χ4v) is 3.41. The third-order valence-electron chi connectivity index (χ3n) is 5.24. The predicted molar refractivity (Wildman–Crippen MR) is 99.9 cm³/mol. The number of quaternary nitrogens is 1. The third-order valence-corrected chi connectivity index (χ3v) is 5.24. The van der Waals surface area contributed by atoms with Crippen molar-refractivity contribution in [1.29, 1.82) is 0 Å². The van der Waals surface area contributed by atoms with E-state index in [-0.39, 0.29) is 17.6 Å². The van der Waals surface area contributed by atoms with Gasteiger partial charge in [-0.15, -0.1) is 0 Å². The van der Waals surface area contributed by atoms with Crippen LogP contribution in [0.4, 0.5) is 9.18 Å². The van der Waals surface area contributed by atoms with Crippen molar-refractivity contribution in [2.24, 2.45) is 11.7 Å². The second-order valence-corrected chi connectivity index (χ2v) is 7.08. The average molecular weight is 381 g/mol. The summed E-state index contributed by atoms with van der Waals surface area (Å²) in [6, 6.07) is 3.23. The number of ether oxygens (including phenoxy) is 1. The topological polar surface area (TPSA) is 89.1 Å². The standard InChI is InChI=1S/C19H29FN4O3/c1-4-13(2)17(22-19(21)26)18(25)24-9-7-23(8-10-24)12-14-11-15(20)5-6-16(14)27-3/h5-6,11,13,17H,4,7-10,12H2,1-3H3,(H3,21,22,26)/p+1/t13-,17-/m0/s1. The Morgan fingerprint density at radius 1 is 1.37 bits per heavy atom. The minimum absolute atomic E-state index is 0.00642. The molecule has 0 aromatic heterocycles. The molecule has 27 heavy (non-hydrogen) atoms. The minimum Gasteiger partial charge on any atom is -0.496 e. The van der Waals surface area contributed by atoms with E-state index in [1.54, 1.807) is 18.1 Å². The van der Waals surface area contributed by atoms with Gasteiger partial charge in [-0.2, -0.15) is 0 Å². The number of piperazine rings is 1. The molecule has 0 aliphatic carbocycles. The van der Waals surface area contributed by atoms with Crippen LogP contribution in [-0.2, 0) is 11.3 Å². The zero-order valence-corrected chi connectivity index (χ0v) is 16.3. The van der Waals surface area contributed by atoms with Crippen molar-refractivity contribution < 1.29 is 23.6 Å². The van der Waals surface area contributed by atoms with Gasteiger partial charge in [-0.05, 0) is 24.1 Å². The van der Waals surface area contributed by atoms with Gasteiger partial charge in [0.15, 0.2) is 0 Å². The highest BCUT2D eigenvalue weighted by molar-refractivity contribution is 5.86. The molecule has 2 rings (SSSR count). The van der Waals surface area contributed by atoms with E-state index < -0.39 is 12.1 Å². The number of hydrogen-bond donors (Lipinski definition) is 3. The Morgan fingerprint density at radius 2 is 2.04 bits per heavy atom. The molecule has 1 aromatic carbocycles. The van der Waals surface area contributed by atoms with Gasteiger partial charge in [0.25, 0.3) is 0 Å². The van der Waals surface area contributed by atoms with Crippen molar-refractivity contribution in [2.45, 2.75) is 32.9 Å². The number of nitrogens with one attached hydrogen (secondary N) is 2. The first-order valence-corrected chi connectivity index (χ1v) is 9.36. The van der Waals surface area contributed by atoms with Gasteiger partial charge in [-0.3, -0.25) is 4.79 Å². The molecular formula is C19H30FN4O3+. The molecule has 0 radical (unpaired) electrons. The van der Waals surface area contributed by atoms with Crippen LogP contribution in [-0.4, -0.2) is 56.2 Å². The van der Waals surface area contributed by atoms with E-state index in [4.69, 9.17) is 10.5 Å². The lowest BCUT2D eigenvalue weighted by molar-refractivity contribution is -0.917. The first-order valence-electron chi connectivity index (χ1n) is 9.36. The number of amides is 3. The average Bonchev–Trinajstić information content (AvgIpc) is 2.65. The monoisotopic (exact) mass is 381 g/mol. The van der Waals surface area contributed by atoms with Gasteiger partial charge >= 0.3 is 6.03 Å². The van der Waals surface area contributed by atoms with Crippen molar-refractivity contribution in [1.82, 2.24) is 10.2 Å². The Morgan fingerprint density at radius 3 is 2.59 bits per heavy atom. The van der Waals surface area contributed by atoms with E-state index in [0.29, 0.717) is 25.4 Å². The molecule has 4 N–H and O–H groups in total. The summed E-state index contributed by atoms with van der Waals surface area (Å²) in [6.45, 7) is 7.19. The predicted octanol–water partition coefficient (Wildman–Crippen LogP) is 0.144. The molecule has 0 unspecified atom stereocenters. The molecule has 150 valence electrons. The number of urea groups is 1. The molecule has 1 saturated heterocycles. The van der Waals surface area contributed by atoms with Crippen LogP contribution in [0.25, 0.3) is 0 Å². The molecule has 1 fully saturated rings. The number of methoxy groups -OCH3 is 1. The zero-order valence-electron chi connectivity index (χ0n) is 16.3. The summed E-state index contributed by atoms with van der Waals surface area (Å²) < 4.78 is 18.9. The molecule has 2 atom stereocenters. The van der Waals surface area contributed by atoms with Crippen molar-refractivity contribution in [3.05, 3.63) is 29.6 Å². The summed E-state index contributed by atoms with van der Waals surface area (Å²) in [6.07, 6.45) is 0.765. The van der Waals surface area contributed by atoms with Crippen molar-refractivity contribution in [2.75, 3.05) is 33.3 Å². The maximum atomic E-state index is 13.5. The van der Waals surface area contributed by atoms with E-state index in [1.165, 1.54) is 17.0 Å². The van der Waals surface area contributed by atoms with Crippen LogP contribution < -0.4 is 20.7 Å². The number of benzene rings is 1. The number of hydrogen-bond acceptors (Lipinski definition) is 3. The first kappa shape index (κ1) is 21.0. The minimum atomic E-state index is -0.684. The van der Waals surface area contributed by atoms with Crippen LogP contribution in [0, 0.1) is 11.7 Å². The van der Waals surface area contributed by atoms with E-state index in [9.17, 15) is 14.0 Å². The molecule has 8 heteroatoms. The Bertz CT molecular complexity index is 662. The van der Waals surface area contributed by atoms with Crippen LogP contribution in [0.15, 0.2) is 18.2 Å². The number of carbonyl (C=O) groups excluding carboxylic acids is 2. The quantitative estimate of drug-likeness (QED) is 0.628. The molecule has 1 aliphatic rings. The molecule has 0 saturated carbocycles. The van der Waals surface area contributed by atoms with Crippen LogP contribution >= 0.6 is 0 Å². The first-order chi connectivity index (χ1) is 12.8. The lowest BCUT2D eigenvalue weighted by Gasteiger charge is -2.35. The summed E-state index contributed by atoms with van der Waals surface area (Å²) in [5, 5.41) is 2.58. The van der Waals surface area contributed by atoms with Gasteiger partial charge in [-0.1, -0.05) is 20.3 Å². The maximum Gasteiger partial charge on any atom is 0.312 e. The Labute approximate surface area is 159 Å². The lowest BCUT2D eigenvalue weighted by atomic mass is 9.97. The molecule has 1 aromatic rings. The summed E-state index contributed by atoms with van der Waals surface area (Å²) in [5.41, 5.74) is 6.05. The van der Waals surface area contributed by atoms with E-state index in [0.717, 1.165) is 25.1 Å². The summed E-state index contributed by atoms with van der Waals surface area (Å²) in [5.74, 6) is 0.301. The summed E-state index contributed by atoms with van der Waals surface area (Å²) in [7, 11) is 1.57. The van der Waals surface area contributed by atoms with E-state index in [1.807, 2.05) is 13.8 Å². The maximum absolute atomic E-state index is 13.5. The highest BCUT2D eigenvalue weighted by atomic mass is 19.1. The largest absolute Gasteiger partial charge is 0.496 e. The molecule has 0 bridgehead atoms. The molecule has 7 nitrogen and oxygen atoms in total. The van der Waals surface area contributed by atoms with Crippen LogP contribution in [0.2, 0.25) is 0 Å². The van der Waals surface area contributed by atoms with E-state index >= 15 is 0 Å². The van der Waals surface area contributed by atoms with Gasteiger partial charge in [-0.25, -0.2) is 9.18 Å². The molecule has 0 spiro atoms. The Balaban J connectivity index is 1.97. The SMILES string of the molecule is CC[C@H](C)[C@H](NC(N)=O)C(=O)N1CC[NH+](Cc2cc(F)ccc2OC)CC1. The highest BCUT2D eigenvalue weighted by Gasteiger charge is 2.32. The van der Waals surface area contributed by atoms with Gasteiger partial charge in [0.05, 0.1) is 38.9 Å². The number of primary amides is 1.